The van der Waals surface area contributed by atoms with Crippen LogP contribution in [0.25, 0.3) is 16.9 Å². The van der Waals surface area contributed by atoms with Gasteiger partial charge in [0.15, 0.2) is 0 Å². The second-order valence-corrected chi connectivity index (χ2v) is 7.05. The zero-order chi connectivity index (χ0) is 20.4. The fourth-order valence-corrected chi connectivity index (χ4v) is 3.42. The van der Waals surface area contributed by atoms with Gasteiger partial charge in [-0.05, 0) is 61.0 Å². The molecule has 0 saturated heterocycles. The van der Waals surface area contributed by atoms with Gasteiger partial charge in [0, 0.05) is 16.4 Å². The second kappa shape index (κ2) is 7.97. The Morgan fingerprint density at radius 2 is 1.90 bits per heavy atom. The number of amides is 1. The molecule has 0 fully saturated rings. The number of carbonyl (C=O) groups is 1. The molecule has 0 unspecified atom stereocenters. The van der Waals surface area contributed by atoms with E-state index in [2.05, 4.69) is 5.32 Å². The quantitative estimate of drug-likeness (QED) is 0.455. The van der Waals surface area contributed by atoms with Crippen molar-refractivity contribution < 1.29 is 13.6 Å². The molecule has 2 aromatic heterocycles. The maximum Gasteiger partial charge on any atom is 0.253 e. The first-order valence-corrected chi connectivity index (χ1v) is 9.45. The molecule has 0 atom stereocenters. The average molecular weight is 409 g/mol. The van der Waals surface area contributed by atoms with E-state index < -0.39 is 0 Å². The SMILES string of the molecule is Cc1c(C(=O)NCc2ccco2)cc(-c2ccc(Cl)cc2)n1-c1cccc(F)c1. The summed E-state index contributed by atoms with van der Waals surface area (Å²) in [6.45, 7) is 2.12. The average Bonchev–Trinajstić information content (AvgIpc) is 3.34. The molecule has 0 bridgehead atoms. The van der Waals surface area contributed by atoms with Crippen molar-refractivity contribution in [3.8, 4) is 16.9 Å². The number of benzene rings is 2. The third-order valence-electron chi connectivity index (χ3n) is 4.70. The highest BCUT2D eigenvalue weighted by molar-refractivity contribution is 6.30. The maximum absolute atomic E-state index is 13.9. The van der Waals surface area contributed by atoms with Crippen LogP contribution < -0.4 is 5.32 Å². The van der Waals surface area contributed by atoms with Crippen molar-refractivity contribution in [2.45, 2.75) is 13.5 Å². The second-order valence-electron chi connectivity index (χ2n) is 6.61. The number of carbonyl (C=O) groups excluding carboxylic acids is 1. The minimum absolute atomic E-state index is 0.232. The van der Waals surface area contributed by atoms with E-state index in [1.165, 1.54) is 12.1 Å². The Morgan fingerprint density at radius 1 is 1.10 bits per heavy atom. The summed E-state index contributed by atoms with van der Waals surface area (Å²) in [4.78, 5) is 12.8. The van der Waals surface area contributed by atoms with Crippen molar-refractivity contribution in [3.05, 3.63) is 101 Å². The molecule has 4 rings (SSSR count). The largest absolute Gasteiger partial charge is 0.467 e. The summed E-state index contributed by atoms with van der Waals surface area (Å²) in [6, 6.07) is 19.0. The van der Waals surface area contributed by atoms with Gasteiger partial charge in [-0.15, -0.1) is 0 Å². The van der Waals surface area contributed by atoms with E-state index in [0.29, 0.717) is 27.7 Å². The van der Waals surface area contributed by atoms with Crippen LogP contribution in [0.1, 0.15) is 21.8 Å². The summed E-state index contributed by atoms with van der Waals surface area (Å²) in [5.41, 5.74) is 3.49. The summed E-state index contributed by atoms with van der Waals surface area (Å²) in [6.07, 6.45) is 1.56. The number of furan rings is 1. The lowest BCUT2D eigenvalue weighted by molar-refractivity contribution is 0.0947. The number of halogens is 2. The van der Waals surface area contributed by atoms with Crippen LogP contribution in [0.4, 0.5) is 4.39 Å². The molecule has 2 aromatic carbocycles. The minimum Gasteiger partial charge on any atom is -0.467 e. The predicted molar refractivity (Wildman–Crippen MR) is 111 cm³/mol. The summed E-state index contributed by atoms with van der Waals surface area (Å²) in [5, 5.41) is 3.48. The Labute approximate surface area is 172 Å². The molecule has 1 N–H and O–H groups in total. The highest BCUT2D eigenvalue weighted by Crippen LogP contribution is 2.30. The molecule has 0 aliphatic carbocycles. The first kappa shape index (κ1) is 19.0. The maximum atomic E-state index is 13.9. The number of nitrogens with one attached hydrogen (secondary N) is 1. The summed E-state index contributed by atoms with van der Waals surface area (Å²) in [7, 11) is 0. The molecule has 0 spiro atoms. The van der Waals surface area contributed by atoms with Crippen LogP contribution in [0.5, 0.6) is 0 Å². The third kappa shape index (κ3) is 3.96. The van der Waals surface area contributed by atoms with Crippen LogP contribution in [-0.4, -0.2) is 10.5 Å². The molecule has 0 radical (unpaired) electrons. The standard InChI is InChI=1S/C23H18ClFN2O2/c1-15-21(23(28)26-14-20-6-3-11-29-20)13-22(16-7-9-17(24)10-8-16)27(15)19-5-2-4-18(25)12-19/h2-13H,14H2,1H3,(H,26,28). The molecule has 4 nitrogen and oxygen atoms in total. The fourth-order valence-electron chi connectivity index (χ4n) is 3.29. The lowest BCUT2D eigenvalue weighted by Crippen LogP contribution is -2.23. The molecule has 2 heterocycles. The van der Waals surface area contributed by atoms with E-state index >= 15 is 0 Å². The van der Waals surface area contributed by atoms with Gasteiger partial charge in [0.25, 0.3) is 5.91 Å². The lowest BCUT2D eigenvalue weighted by Gasteiger charge is -2.12. The van der Waals surface area contributed by atoms with Gasteiger partial charge >= 0.3 is 0 Å². The molecule has 0 aliphatic rings. The van der Waals surface area contributed by atoms with Gasteiger partial charge < -0.3 is 14.3 Å². The topological polar surface area (TPSA) is 47.2 Å². The normalized spacial score (nSPS) is 10.9. The molecule has 1 amide bonds. The number of rotatable bonds is 5. The number of nitrogens with zero attached hydrogens (tertiary/aromatic N) is 1. The van der Waals surface area contributed by atoms with Crippen molar-refractivity contribution in [1.29, 1.82) is 0 Å². The summed E-state index contributed by atoms with van der Waals surface area (Å²) >= 11 is 6.02. The molecule has 0 aliphatic heterocycles. The number of aromatic nitrogens is 1. The van der Waals surface area contributed by atoms with Crippen molar-refractivity contribution in [2.24, 2.45) is 0 Å². The Morgan fingerprint density at radius 3 is 2.59 bits per heavy atom. The molecule has 146 valence electrons. The zero-order valence-corrected chi connectivity index (χ0v) is 16.4. The first-order valence-electron chi connectivity index (χ1n) is 9.08. The van der Waals surface area contributed by atoms with Gasteiger partial charge in [-0.2, -0.15) is 0 Å². The van der Waals surface area contributed by atoms with Gasteiger partial charge in [0.2, 0.25) is 0 Å². The third-order valence-corrected chi connectivity index (χ3v) is 4.95. The summed E-state index contributed by atoms with van der Waals surface area (Å²) in [5.74, 6) is 0.0873. The Kier molecular flexibility index (Phi) is 5.23. The Bertz CT molecular complexity index is 1150. The molecule has 0 saturated carbocycles. The number of hydrogen-bond donors (Lipinski definition) is 1. The smallest absolute Gasteiger partial charge is 0.253 e. The van der Waals surface area contributed by atoms with Gasteiger partial charge in [-0.25, -0.2) is 4.39 Å². The van der Waals surface area contributed by atoms with E-state index in [1.807, 2.05) is 23.6 Å². The van der Waals surface area contributed by atoms with E-state index in [1.54, 1.807) is 48.7 Å². The first-order chi connectivity index (χ1) is 14.0. The fraction of sp³-hybridized carbons (Fsp3) is 0.0870. The van der Waals surface area contributed by atoms with Crippen LogP contribution >= 0.6 is 11.6 Å². The van der Waals surface area contributed by atoms with Gasteiger partial charge in [-0.3, -0.25) is 4.79 Å². The highest BCUT2D eigenvalue weighted by atomic mass is 35.5. The van der Waals surface area contributed by atoms with Crippen LogP contribution in [-0.2, 0) is 6.54 Å². The van der Waals surface area contributed by atoms with Gasteiger partial charge in [0.1, 0.15) is 11.6 Å². The van der Waals surface area contributed by atoms with E-state index in [9.17, 15) is 9.18 Å². The number of hydrogen-bond acceptors (Lipinski definition) is 2. The van der Waals surface area contributed by atoms with Crippen LogP contribution in [0.15, 0.2) is 77.4 Å². The van der Waals surface area contributed by atoms with E-state index in [0.717, 1.165) is 11.3 Å². The molecular weight excluding hydrogens is 391 g/mol. The molecular formula is C23H18ClFN2O2. The Balaban J connectivity index is 1.77. The minimum atomic E-state index is -0.346. The van der Waals surface area contributed by atoms with Gasteiger partial charge in [0.05, 0.1) is 24.1 Å². The van der Waals surface area contributed by atoms with Crippen LogP contribution in [0, 0.1) is 12.7 Å². The van der Waals surface area contributed by atoms with Crippen molar-refractivity contribution in [3.63, 3.8) is 0 Å². The zero-order valence-electron chi connectivity index (χ0n) is 15.7. The van der Waals surface area contributed by atoms with Crippen molar-refractivity contribution in [1.82, 2.24) is 9.88 Å². The van der Waals surface area contributed by atoms with Crippen LogP contribution in [0.3, 0.4) is 0 Å². The molecule has 4 aromatic rings. The summed E-state index contributed by atoms with van der Waals surface area (Å²) < 4.78 is 21.0. The molecule has 6 heteroatoms. The lowest BCUT2D eigenvalue weighted by atomic mass is 10.1. The van der Waals surface area contributed by atoms with Crippen molar-refractivity contribution >= 4 is 17.5 Å². The van der Waals surface area contributed by atoms with Gasteiger partial charge in [-0.1, -0.05) is 29.8 Å². The molecule has 29 heavy (non-hydrogen) atoms. The van der Waals surface area contributed by atoms with Crippen molar-refractivity contribution in [2.75, 3.05) is 0 Å². The van der Waals surface area contributed by atoms with E-state index in [4.69, 9.17) is 16.0 Å². The van der Waals surface area contributed by atoms with Crippen LogP contribution in [0.2, 0.25) is 5.02 Å². The predicted octanol–water partition coefficient (Wildman–Crippen LogP) is 5.77. The highest BCUT2D eigenvalue weighted by Gasteiger charge is 2.20. The van der Waals surface area contributed by atoms with E-state index in [-0.39, 0.29) is 18.3 Å². The monoisotopic (exact) mass is 408 g/mol. The Hall–Kier alpha value is -3.31.